The van der Waals surface area contributed by atoms with Crippen LogP contribution in [0.15, 0.2) is 42.5 Å². The van der Waals surface area contributed by atoms with Gasteiger partial charge in [-0.1, -0.05) is 54.2 Å². The third-order valence-electron chi connectivity index (χ3n) is 6.79. The fourth-order valence-corrected chi connectivity index (χ4v) is 5.20. The lowest BCUT2D eigenvalue weighted by Crippen LogP contribution is -2.49. The monoisotopic (exact) mass is 546 g/mol. The first kappa shape index (κ1) is 28.6. The first-order chi connectivity index (χ1) is 17.6. The van der Waals surface area contributed by atoms with E-state index in [2.05, 4.69) is 16.0 Å². The number of ketones is 1. The van der Waals surface area contributed by atoms with E-state index in [1.165, 1.54) is 6.92 Å². The van der Waals surface area contributed by atoms with Crippen LogP contribution in [0.1, 0.15) is 54.9 Å². The predicted molar refractivity (Wildman–Crippen MR) is 145 cm³/mol. The van der Waals surface area contributed by atoms with Crippen molar-refractivity contribution in [1.82, 2.24) is 10.6 Å². The first-order valence-corrected chi connectivity index (χ1v) is 13.0. The van der Waals surface area contributed by atoms with Crippen LogP contribution in [-0.2, 0) is 20.8 Å². The molecule has 0 saturated heterocycles. The number of hydrogen-bond donors (Lipinski definition) is 4. The average molecular weight is 547 g/mol. The molecule has 1 saturated carbocycles. The van der Waals surface area contributed by atoms with Gasteiger partial charge in [0, 0.05) is 12.2 Å². The van der Waals surface area contributed by atoms with E-state index in [4.69, 9.17) is 28.9 Å². The summed E-state index contributed by atoms with van der Waals surface area (Å²) in [7, 11) is 0. The van der Waals surface area contributed by atoms with Gasteiger partial charge >= 0.3 is 0 Å². The minimum Gasteiger partial charge on any atom is -0.355 e. The fraction of sp³-hybridized carbons (Fsp3) is 0.407. The van der Waals surface area contributed by atoms with Crippen molar-refractivity contribution in [3.05, 3.63) is 63.6 Å². The molecule has 1 aliphatic carbocycles. The van der Waals surface area contributed by atoms with Gasteiger partial charge < -0.3 is 21.7 Å². The highest BCUT2D eigenvalue weighted by Crippen LogP contribution is 2.41. The molecule has 8 nitrogen and oxygen atoms in total. The molecular formula is C27H32Cl2N4O4. The van der Waals surface area contributed by atoms with Crippen molar-refractivity contribution < 1.29 is 19.2 Å². The molecule has 0 aromatic heterocycles. The fourth-order valence-electron chi connectivity index (χ4n) is 4.63. The quantitative estimate of drug-likeness (QED) is 0.339. The Labute approximate surface area is 226 Å². The molecule has 5 N–H and O–H groups in total. The Morgan fingerprint density at radius 2 is 1.62 bits per heavy atom. The number of benzene rings is 2. The van der Waals surface area contributed by atoms with Crippen LogP contribution >= 0.6 is 23.2 Å². The SMILES string of the molecule is CC(=O)C(Cc1ccc(NC(=O)c2c(Cl)cccc2Cl)cc1)NC(=O)C1(CCNC(=O)CN)CCCC1. The number of Topliss-reactive ketones (excluding diaryl/α,β-unsaturated/α-hetero) is 1. The van der Waals surface area contributed by atoms with Crippen LogP contribution < -0.4 is 21.7 Å². The number of nitrogens with two attached hydrogens (primary N) is 1. The third kappa shape index (κ3) is 7.53. The van der Waals surface area contributed by atoms with Crippen LogP contribution in [0, 0.1) is 5.41 Å². The smallest absolute Gasteiger partial charge is 0.258 e. The van der Waals surface area contributed by atoms with Gasteiger partial charge in [-0.15, -0.1) is 0 Å². The van der Waals surface area contributed by atoms with Gasteiger partial charge in [-0.05, 0) is 62.4 Å². The van der Waals surface area contributed by atoms with Crippen LogP contribution in [0.25, 0.3) is 0 Å². The number of hydrogen-bond acceptors (Lipinski definition) is 5. The number of halogens is 2. The molecule has 2 aromatic carbocycles. The summed E-state index contributed by atoms with van der Waals surface area (Å²) in [5.41, 5.74) is 6.29. The van der Waals surface area contributed by atoms with Gasteiger partial charge in [-0.25, -0.2) is 0 Å². The highest BCUT2D eigenvalue weighted by Gasteiger charge is 2.41. The van der Waals surface area contributed by atoms with Gasteiger partial charge in [-0.2, -0.15) is 0 Å². The van der Waals surface area contributed by atoms with E-state index in [1.54, 1.807) is 42.5 Å². The molecule has 1 atom stereocenters. The van der Waals surface area contributed by atoms with Gasteiger partial charge in [0.1, 0.15) is 0 Å². The summed E-state index contributed by atoms with van der Waals surface area (Å²) in [6.45, 7) is 1.72. The Kier molecular flexibility index (Phi) is 10.1. The van der Waals surface area contributed by atoms with Crippen molar-refractivity contribution in [2.45, 2.75) is 51.5 Å². The van der Waals surface area contributed by atoms with Gasteiger partial charge in [0.05, 0.1) is 33.6 Å². The van der Waals surface area contributed by atoms with Gasteiger partial charge in [-0.3, -0.25) is 19.2 Å². The summed E-state index contributed by atoms with van der Waals surface area (Å²) in [6, 6.07) is 11.2. The maximum atomic E-state index is 13.3. The molecule has 198 valence electrons. The van der Waals surface area contributed by atoms with Crippen molar-refractivity contribution >= 4 is 52.4 Å². The average Bonchev–Trinajstić information content (AvgIpc) is 3.34. The molecular weight excluding hydrogens is 515 g/mol. The lowest BCUT2D eigenvalue weighted by atomic mass is 9.81. The number of amides is 3. The van der Waals surface area contributed by atoms with E-state index < -0.39 is 17.4 Å². The first-order valence-electron chi connectivity index (χ1n) is 12.3. The maximum absolute atomic E-state index is 13.3. The van der Waals surface area contributed by atoms with Crippen molar-refractivity contribution in [1.29, 1.82) is 0 Å². The van der Waals surface area contributed by atoms with Crippen molar-refractivity contribution in [3.63, 3.8) is 0 Å². The normalized spacial score (nSPS) is 15.0. The van der Waals surface area contributed by atoms with Crippen molar-refractivity contribution in [3.8, 4) is 0 Å². The Balaban J connectivity index is 1.63. The Morgan fingerprint density at radius 3 is 2.19 bits per heavy atom. The zero-order valence-electron chi connectivity index (χ0n) is 20.7. The molecule has 1 fully saturated rings. The zero-order chi connectivity index (χ0) is 27.0. The summed E-state index contributed by atoms with van der Waals surface area (Å²) in [4.78, 5) is 49.8. The molecule has 10 heteroatoms. The van der Waals surface area contributed by atoms with Crippen LogP contribution in [0.2, 0.25) is 10.0 Å². The molecule has 3 amide bonds. The van der Waals surface area contributed by atoms with E-state index in [9.17, 15) is 19.2 Å². The van der Waals surface area contributed by atoms with Crippen molar-refractivity contribution in [2.24, 2.45) is 11.1 Å². The second-order valence-corrected chi connectivity index (χ2v) is 10.2. The molecule has 0 spiro atoms. The lowest BCUT2D eigenvalue weighted by Gasteiger charge is -2.30. The van der Waals surface area contributed by atoms with Crippen LogP contribution in [0.4, 0.5) is 5.69 Å². The van der Waals surface area contributed by atoms with E-state index in [1.807, 2.05) is 0 Å². The second kappa shape index (κ2) is 13.0. The number of carbonyl (C=O) groups is 4. The van der Waals surface area contributed by atoms with E-state index in [-0.39, 0.29) is 39.8 Å². The summed E-state index contributed by atoms with van der Waals surface area (Å²) in [5.74, 6) is -0.997. The van der Waals surface area contributed by atoms with Gasteiger partial charge in [0.15, 0.2) is 5.78 Å². The molecule has 0 radical (unpaired) electrons. The molecule has 0 bridgehead atoms. The molecule has 0 heterocycles. The number of nitrogens with one attached hydrogen (secondary N) is 3. The number of carbonyl (C=O) groups excluding carboxylic acids is 4. The number of rotatable bonds is 11. The lowest BCUT2D eigenvalue weighted by molar-refractivity contribution is -0.134. The summed E-state index contributed by atoms with van der Waals surface area (Å²) < 4.78 is 0. The van der Waals surface area contributed by atoms with Gasteiger partial charge in [0.2, 0.25) is 11.8 Å². The van der Waals surface area contributed by atoms with E-state index in [0.717, 1.165) is 18.4 Å². The zero-order valence-corrected chi connectivity index (χ0v) is 22.3. The minimum atomic E-state index is -0.689. The van der Waals surface area contributed by atoms with E-state index in [0.29, 0.717) is 37.9 Å². The molecule has 1 unspecified atom stereocenters. The second-order valence-electron chi connectivity index (χ2n) is 9.38. The largest absolute Gasteiger partial charge is 0.355 e. The topological polar surface area (TPSA) is 130 Å². The Morgan fingerprint density at radius 1 is 1.00 bits per heavy atom. The molecule has 0 aliphatic heterocycles. The molecule has 3 rings (SSSR count). The maximum Gasteiger partial charge on any atom is 0.258 e. The summed E-state index contributed by atoms with van der Waals surface area (Å²) in [5, 5.41) is 8.96. The predicted octanol–water partition coefficient (Wildman–Crippen LogP) is 3.89. The van der Waals surface area contributed by atoms with Crippen molar-refractivity contribution in [2.75, 3.05) is 18.4 Å². The Hall–Kier alpha value is -2.94. The van der Waals surface area contributed by atoms with Crippen LogP contribution in [0.5, 0.6) is 0 Å². The van der Waals surface area contributed by atoms with Crippen LogP contribution in [-0.4, -0.2) is 42.6 Å². The standard InChI is InChI=1S/C27H32Cl2N4O4/c1-17(34)22(33-26(37)27(11-2-3-12-27)13-14-31-23(35)16-30)15-18-7-9-19(10-8-18)32-25(36)24-20(28)5-4-6-21(24)29/h4-10,22H,2-3,11-16,30H2,1H3,(H,31,35)(H,32,36)(H,33,37). The Bertz CT molecular complexity index is 1130. The van der Waals surface area contributed by atoms with E-state index >= 15 is 0 Å². The highest BCUT2D eigenvalue weighted by molar-refractivity contribution is 6.40. The molecule has 1 aliphatic rings. The number of anilines is 1. The summed E-state index contributed by atoms with van der Waals surface area (Å²) >= 11 is 12.2. The minimum absolute atomic E-state index is 0.0954. The molecule has 2 aromatic rings. The summed E-state index contributed by atoms with van der Waals surface area (Å²) in [6.07, 6.45) is 4.09. The molecule has 37 heavy (non-hydrogen) atoms. The van der Waals surface area contributed by atoms with Crippen LogP contribution in [0.3, 0.4) is 0 Å². The van der Waals surface area contributed by atoms with Gasteiger partial charge in [0.25, 0.3) is 5.91 Å². The highest BCUT2D eigenvalue weighted by atomic mass is 35.5. The third-order valence-corrected chi connectivity index (χ3v) is 7.42.